The summed E-state index contributed by atoms with van der Waals surface area (Å²) in [6.07, 6.45) is 2.44. The van der Waals surface area contributed by atoms with Gasteiger partial charge in [-0.25, -0.2) is 0 Å². The minimum Gasteiger partial charge on any atom is -0.493 e. The SMILES string of the molecule is Cc1ccc(C)c(OCCCC[NH+]2CC[NH2+]CC2)c1C. The number of unbranched alkanes of at least 4 members (excludes halogenated alkanes) is 1. The first kappa shape index (κ1) is 15.3. The van der Waals surface area contributed by atoms with Gasteiger partial charge in [0.2, 0.25) is 0 Å². The summed E-state index contributed by atoms with van der Waals surface area (Å²) in [6.45, 7) is 13.9. The van der Waals surface area contributed by atoms with Crippen molar-refractivity contribution in [2.45, 2.75) is 33.6 Å². The van der Waals surface area contributed by atoms with E-state index in [1.54, 1.807) is 4.90 Å². The summed E-state index contributed by atoms with van der Waals surface area (Å²) in [5.41, 5.74) is 3.87. The summed E-state index contributed by atoms with van der Waals surface area (Å²) < 4.78 is 6.02. The number of ether oxygens (including phenoxy) is 1. The first-order chi connectivity index (χ1) is 9.68. The highest BCUT2D eigenvalue weighted by atomic mass is 16.5. The topological polar surface area (TPSA) is 30.3 Å². The molecule has 2 rings (SSSR count). The molecular formula is C17H30N2O+2. The van der Waals surface area contributed by atoms with Crippen molar-refractivity contribution >= 4 is 0 Å². The molecule has 112 valence electrons. The molecule has 3 heteroatoms. The lowest BCUT2D eigenvalue weighted by molar-refractivity contribution is -0.946. The van der Waals surface area contributed by atoms with Crippen molar-refractivity contribution in [3.8, 4) is 5.75 Å². The fourth-order valence-electron chi connectivity index (χ4n) is 2.93. The van der Waals surface area contributed by atoms with E-state index >= 15 is 0 Å². The monoisotopic (exact) mass is 278 g/mol. The van der Waals surface area contributed by atoms with Crippen molar-refractivity contribution in [1.29, 1.82) is 0 Å². The number of hydrogen-bond donors (Lipinski definition) is 2. The Morgan fingerprint density at radius 3 is 2.50 bits per heavy atom. The second-order valence-electron chi connectivity index (χ2n) is 6.08. The molecule has 20 heavy (non-hydrogen) atoms. The van der Waals surface area contributed by atoms with Gasteiger partial charge in [-0.2, -0.15) is 0 Å². The van der Waals surface area contributed by atoms with Crippen LogP contribution in [0.15, 0.2) is 12.1 Å². The summed E-state index contributed by atoms with van der Waals surface area (Å²) in [6, 6.07) is 4.33. The molecule has 1 aromatic rings. The average Bonchev–Trinajstić information content (AvgIpc) is 2.47. The van der Waals surface area contributed by atoms with E-state index in [9.17, 15) is 0 Å². The Hall–Kier alpha value is -1.06. The van der Waals surface area contributed by atoms with E-state index in [1.807, 2.05) is 0 Å². The lowest BCUT2D eigenvalue weighted by Crippen LogP contribution is -3.20. The Kier molecular flexibility index (Phi) is 5.86. The van der Waals surface area contributed by atoms with E-state index in [4.69, 9.17) is 4.74 Å². The fraction of sp³-hybridized carbons (Fsp3) is 0.647. The molecule has 1 saturated heterocycles. The number of rotatable bonds is 6. The standard InChI is InChI=1S/C17H28N2O/c1-14-6-7-15(2)17(16(14)3)20-13-5-4-10-19-11-8-18-9-12-19/h6-7,18H,4-5,8-13H2,1-3H3/p+2. The van der Waals surface area contributed by atoms with Crippen LogP contribution in [-0.2, 0) is 0 Å². The summed E-state index contributed by atoms with van der Waals surface area (Å²) >= 11 is 0. The predicted octanol–water partition coefficient (Wildman–Crippen LogP) is 0.233. The van der Waals surface area contributed by atoms with Crippen LogP contribution in [0.2, 0.25) is 0 Å². The molecule has 3 N–H and O–H groups in total. The highest BCUT2D eigenvalue weighted by Gasteiger charge is 2.14. The van der Waals surface area contributed by atoms with Crippen LogP contribution < -0.4 is 15.0 Å². The molecule has 0 spiro atoms. The normalized spacial score (nSPS) is 16.4. The Morgan fingerprint density at radius 2 is 1.75 bits per heavy atom. The highest BCUT2D eigenvalue weighted by molar-refractivity contribution is 5.44. The lowest BCUT2D eigenvalue weighted by atomic mass is 10.1. The largest absolute Gasteiger partial charge is 0.493 e. The van der Waals surface area contributed by atoms with E-state index < -0.39 is 0 Å². The maximum atomic E-state index is 6.02. The quantitative estimate of drug-likeness (QED) is 0.717. The number of quaternary nitrogens is 2. The Labute approximate surface area is 123 Å². The summed E-state index contributed by atoms with van der Waals surface area (Å²) in [4.78, 5) is 1.77. The third kappa shape index (κ3) is 4.22. The van der Waals surface area contributed by atoms with Crippen molar-refractivity contribution in [2.75, 3.05) is 39.3 Å². The minimum atomic E-state index is 0.852. The van der Waals surface area contributed by atoms with E-state index in [1.165, 1.54) is 62.3 Å². The fourth-order valence-corrected chi connectivity index (χ4v) is 2.93. The molecule has 1 aliphatic rings. The molecule has 0 atom stereocenters. The molecular weight excluding hydrogens is 248 g/mol. The third-order valence-electron chi connectivity index (χ3n) is 4.45. The predicted molar refractivity (Wildman–Crippen MR) is 82.6 cm³/mol. The van der Waals surface area contributed by atoms with Gasteiger partial charge in [0, 0.05) is 0 Å². The molecule has 0 bridgehead atoms. The molecule has 0 aromatic heterocycles. The molecule has 0 radical (unpaired) electrons. The van der Waals surface area contributed by atoms with Crippen molar-refractivity contribution < 1.29 is 15.0 Å². The van der Waals surface area contributed by atoms with Gasteiger partial charge in [0.1, 0.15) is 31.9 Å². The summed E-state index contributed by atoms with van der Waals surface area (Å²) in [5.74, 6) is 1.10. The first-order valence-electron chi connectivity index (χ1n) is 8.03. The van der Waals surface area contributed by atoms with Crippen molar-refractivity contribution in [3.63, 3.8) is 0 Å². The second-order valence-corrected chi connectivity index (χ2v) is 6.08. The van der Waals surface area contributed by atoms with Crippen molar-refractivity contribution in [3.05, 3.63) is 28.8 Å². The van der Waals surface area contributed by atoms with Gasteiger partial charge in [0.05, 0.1) is 13.2 Å². The number of hydrogen-bond acceptors (Lipinski definition) is 1. The number of piperazine rings is 1. The molecule has 1 aliphatic heterocycles. The van der Waals surface area contributed by atoms with Crippen LogP contribution in [0.25, 0.3) is 0 Å². The molecule has 0 amide bonds. The second kappa shape index (κ2) is 7.65. The molecule has 1 aromatic carbocycles. The van der Waals surface area contributed by atoms with Gasteiger partial charge in [-0.3, -0.25) is 0 Å². The number of aryl methyl sites for hydroxylation is 2. The zero-order valence-electron chi connectivity index (χ0n) is 13.3. The summed E-state index contributed by atoms with van der Waals surface area (Å²) in [5, 5.41) is 2.43. The third-order valence-corrected chi connectivity index (χ3v) is 4.45. The number of nitrogens with one attached hydrogen (secondary N) is 1. The molecule has 0 aliphatic carbocycles. The first-order valence-corrected chi connectivity index (χ1v) is 8.03. The number of nitrogens with two attached hydrogens (primary N) is 1. The Morgan fingerprint density at radius 1 is 1.05 bits per heavy atom. The van der Waals surface area contributed by atoms with Crippen LogP contribution in [0.5, 0.6) is 5.75 Å². The van der Waals surface area contributed by atoms with Crippen molar-refractivity contribution in [2.24, 2.45) is 0 Å². The molecule has 1 fully saturated rings. The van der Waals surface area contributed by atoms with Crippen LogP contribution in [0.3, 0.4) is 0 Å². The van der Waals surface area contributed by atoms with E-state index in [0.29, 0.717) is 0 Å². The van der Waals surface area contributed by atoms with E-state index in [0.717, 1.165) is 12.4 Å². The average molecular weight is 278 g/mol. The van der Waals surface area contributed by atoms with Crippen LogP contribution in [0.4, 0.5) is 0 Å². The maximum absolute atomic E-state index is 6.02. The van der Waals surface area contributed by atoms with Crippen LogP contribution in [0.1, 0.15) is 29.5 Å². The minimum absolute atomic E-state index is 0.852. The molecule has 3 nitrogen and oxygen atoms in total. The smallest absolute Gasteiger partial charge is 0.127 e. The van der Waals surface area contributed by atoms with E-state index in [-0.39, 0.29) is 0 Å². The van der Waals surface area contributed by atoms with Crippen LogP contribution >= 0.6 is 0 Å². The van der Waals surface area contributed by atoms with Crippen molar-refractivity contribution in [1.82, 2.24) is 0 Å². The Bertz CT molecular complexity index is 425. The van der Waals surface area contributed by atoms with Crippen LogP contribution in [0, 0.1) is 20.8 Å². The van der Waals surface area contributed by atoms with Gasteiger partial charge in [-0.15, -0.1) is 0 Å². The zero-order valence-corrected chi connectivity index (χ0v) is 13.3. The maximum Gasteiger partial charge on any atom is 0.127 e. The van der Waals surface area contributed by atoms with Crippen LogP contribution in [-0.4, -0.2) is 39.3 Å². The van der Waals surface area contributed by atoms with Gasteiger partial charge in [-0.05, 0) is 50.3 Å². The van der Waals surface area contributed by atoms with Gasteiger partial charge >= 0.3 is 0 Å². The van der Waals surface area contributed by atoms with Gasteiger partial charge in [-0.1, -0.05) is 12.1 Å². The zero-order chi connectivity index (χ0) is 14.4. The Balaban J connectivity index is 1.69. The number of benzene rings is 1. The molecule has 0 saturated carbocycles. The van der Waals surface area contributed by atoms with Gasteiger partial charge in [0.25, 0.3) is 0 Å². The molecule has 0 unspecified atom stereocenters. The van der Waals surface area contributed by atoms with E-state index in [2.05, 4.69) is 38.2 Å². The van der Waals surface area contributed by atoms with Gasteiger partial charge < -0.3 is 15.0 Å². The highest BCUT2D eigenvalue weighted by Crippen LogP contribution is 2.25. The molecule has 1 heterocycles. The van der Waals surface area contributed by atoms with Gasteiger partial charge in [0.15, 0.2) is 0 Å². The summed E-state index contributed by atoms with van der Waals surface area (Å²) in [7, 11) is 0. The lowest BCUT2D eigenvalue weighted by Gasteiger charge is -2.22.